The van der Waals surface area contributed by atoms with Gasteiger partial charge in [-0.05, 0) is 24.7 Å². The highest BCUT2D eigenvalue weighted by molar-refractivity contribution is 5.40. The summed E-state index contributed by atoms with van der Waals surface area (Å²) in [6.45, 7) is 2.46. The minimum atomic E-state index is -4.73. The van der Waals surface area contributed by atoms with Gasteiger partial charge in [-0.2, -0.15) is 0 Å². The Balaban J connectivity index is 2.41. The Morgan fingerprint density at radius 2 is 1.86 bits per heavy atom. The van der Waals surface area contributed by atoms with E-state index in [4.69, 9.17) is 0 Å². The number of nitrogens with one attached hydrogen (secondary N) is 1. The standard InChI is InChI=1S/C15H15F3N2O/c1-2-19-14(12-8-5-6-10-20-12)11-7-3-4-9-13(11)21-15(16,17)18/h3-10,14,19H,2H2,1H3. The van der Waals surface area contributed by atoms with Gasteiger partial charge < -0.3 is 10.1 Å². The molecule has 1 heterocycles. The van der Waals surface area contributed by atoms with E-state index in [-0.39, 0.29) is 5.75 Å². The minimum absolute atomic E-state index is 0.221. The van der Waals surface area contributed by atoms with Crippen LogP contribution in [0.1, 0.15) is 24.2 Å². The summed E-state index contributed by atoms with van der Waals surface area (Å²) < 4.78 is 41.7. The van der Waals surface area contributed by atoms with Gasteiger partial charge in [0, 0.05) is 11.8 Å². The molecule has 6 heteroatoms. The molecular weight excluding hydrogens is 281 g/mol. The molecule has 21 heavy (non-hydrogen) atoms. The van der Waals surface area contributed by atoms with E-state index in [1.165, 1.54) is 12.1 Å². The topological polar surface area (TPSA) is 34.2 Å². The van der Waals surface area contributed by atoms with Gasteiger partial charge in [0.2, 0.25) is 0 Å². The first kappa shape index (κ1) is 15.3. The highest BCUT2D eigenvalue weighted by Crippen LogP contribution is 2.32. The van der Waals surface area contributed by atoms with Crippen LogP contribution < -0.4 is 10.1 Å². The van der Waals surface area contributed by atoms with Crippen LogP contribution >= 0.6 is 0 Å². The number of halogens is 3. The minimum Gasteiger partial charge on any atom is -0.405 e. The van der Waals surface area contributed by atoms with Crippen LogP contribution in [0.4, 0.5) is 13.2 Å². The van der Waals surface area contributed by atoms with Crippen molar-refractivity contribution in [1.29, 1.82) is 0 Å². The highest BCUT2D eigenvalue weighted by atomic mass is 19.4. The molecular formula is C15H15F3N2O. The van der Waals surface area contributed by atoms with Crippen molar-refractivity contribution in [3.05, 3.63) is 59.9 Å². The van der Waals surface area contributed by atoms with Crippen LogP contribution in [-0.4, -0.2) is 17.9 Å². The second-order valence-electron chi connectivity index (χ2n) is 4.33. The molecule has 3 nitrogen and oxygen atoms in total. The Morgan fingerprint density at radius 1 is 1.14 bits per heavy atom. The molecule has 1 aromatic carbocycles. The predicted octanol–water partition coefficient (Wildman–Crippen LogP) is 3.68. The van der Waals surface area contributed by atoms with Crippen molar-refractivity contribution in [2.75, 3.05) is 6.54 Å². The molecule has 0 aliphatic heterocycles. The van der Waals surface area contributed by atoms with Crippen LogP contribution in [0.2, 0.25) is 0 Å². The van der Waals surface area contributed by atoms with E-state index in [1.54, 1.807) is 36.5 Å². The maximum absolute atomic E-state index is 12.5. The fraction of sp³-hybridized carbons (Fsp3) is 0.267. The molecule has 0 radical (unpaired) electrons. The van der Waals surface area contributed by atoms with Crippen LogP contribution in [0.3, 0.4) is 0 Å². The molecule has 0 saturated carbocycles. The van der Waals surface area contributed by atoms with Crippen LogP contribution in [0.5, 0.6) is 5.75 Å². The number of rotatable bonds is 5. The summed E-state index contributed by atoms with van der Waals surface area (Å²) in [5, 5.41) is 3.13. The third-order valence-corrected chi connectivity index (χ3v) is 2.85. The van der Waals surface area contributed by atoms with E-state index in [0.29, 0.717) is 17.8 Å². The Labute approximate surface area is 120 Å². The summed E-state index contributed by atoms with van der Waals surface area (Å²) in [7, 11) is 0. The molecule has 1 aromatic heterocycles. The van der Waals surface area contributed by atoms with Gasteiger partial charge in [0.1, 0.15) is 5.75 Å². The highest BCUT2D eigenvalue weighted by Gasteiger charge is 2.33. The number of nitrogens with zero attached hydrogens (tertiary/aromatic N) is 1. The van der Waals surface area contributed by atoms with Crippen LogP contribution in [0, 0.1) is 0 Å². The van der Waals surface area contributed by atoms with Crippen molar-refractivity contribution in [1.82, 2.24) is 10.3 Å². The van der Waals surface area contributed by atoms with Crippen molar-refractivity contribution in [3.8, 4) is 5.75 Å². The van der Waals surface area contributed by atoms with Crippen LogP contribution in [-0.2, 0) is 0 Å². The van der Waals surface area contributed by atoms with E-state index in [9.17, 15) is 13.2 Å². The van der Waals surface area contributed by atoms with Crippen molar-refractivity contribution in [2.45, 2.75) is 19.3 Å². The van der Waals surface area contributed by atoms with Crippen LogP contribution in [0.15, 0.2) is 48.7 Å². The largest absolute Gasteiger partial charge is 0.573 e. The summed E-state index contributed by atoms with van der Waals surface area (Å²) >= 11 is 0. The Bertz CT molecular complexity index is 573. The third kappa shape index (κ3) is 4.19. The molecule has 2 aromatic rings. The first-order valence-electron chi connectivity index (χ1n) is 6.50. The molecule has 0 saturated heterocycles. The van der Waals surface area contributed by atoms with E-state index < -0.39 is 12.4 Å². The lowest BCUT2D eigenvalue weighted by Crippen LogP contribution is -2.25. The Hall–Kier alpha value is -2.08. The van der Waals surface area contributed by atoms with E-state index in [0.717, 1.165) is 0 Å². The van der Waals surface area contributed by atoms with Gasteiger partial charge in [0.05, 0.1) is 11.7 Å². The lowest BCUT2D eigenvalue weighted by molar-refractivity contribution is -0.275. The second kappa shape index (κ2) is 6.58. The van der Waals surface area contributed by atoms with Gasteiger partial charge in [-0.1, -0.05) is 31.2 Å². The summed E-state index contributed by atoms with van der Waals surface area (Å²) in [6, 6.07) is 10.9. The lowest BCUT2D eigenvalue weighted by Gasteiger charge is -2.21. The third-order valence-electron chi connectivity index (χ3n) is 2.85. The fourth-order valence-electron chi connectivity index (χ4n) is 2.06. The number of pyridine rings is 1. The summed E-state index contributed by atoms with van der Waals surface area (Å²) in [5.41, 5.74) is 1.04. The quantitative estimate of drug-likeness (QED) is 0.914. The van der Waals surface area contributed by atoms with Gasteiger partial charge in [-0.3, -0.25) is 4.98 Å². The summed E-state index contributed by atoms with van der Waals surface area (Å²) in [6.07, 6.45) is -3.12. The molecule has 0 aliphatic rings. The number of benzene rings is 1. The molecule has 112 valence electrons. The molecule has 0 aliphatic carbocycles. The zero-order valence-electron chi connectivity index (χ0n) is 11.4. The Kier molecular flexibility index (Phi) is 4.80. The first-order chi connectivity index (χ1) is 10.0. The van der Waals surface area contributed by atoms with Gasteiger partial charge in [0.15, 0.2) is 0 Å². The molecule has 0 fully saturated rings. The van der Waals surface area contributed by atoms with Crippen LogP contribution in [0.25, 0.3) is 0 Å². The number of aromatic nitrogens is 1. The Morgan fingerprint density at radius 3 is 2.48 bits per heavy atom. The molecule has 2 rings (SSSR count). The number of para-hydroxylation sites is 1. The van der Waals surface area contributed by atoms with E-state index >= 15 is 0 Å². The normalized spacial score (nSPS) is 13.0. The smallest absolute Gasteiger partial charge is 0.405 e. The molecule has 1 atom stereocenters. The molecule has 1 N–H and O–H groups in total. The van der Waals surface area contributed by atoms with Gasteiger partial charge in [-0.25, -0.2) is 0 Å². The molecule has 1 unspecified atom stereocenters. The predicted molar refractivity (Wildman–Crippen MR) is 72.9 cm³/mol. The second-order valence-corrected chi connectivity index (χ2v) is 4.33. The maximum Gasteiger partial charge on any atom is 0.573 e. The number of hydrogen-bond donors (Lipinski definition) is 1. The summed E-state index contributed by atoms with van der Waals surface area (Å²) in [5.74, 6) is -0.221. The zero-order chi connectivity index (χ0) is 15.3. The zero-order valence-corrected chi connectivity index (χ0v) is 11.4. The van der Waals surface area contributed by atoms with Crippen molar-refractivity contribution < 1.29 is 17.9 Å². The number of hydrogen-bond acceptors (Lipinski definition) is 3. The molecule has 0 bridgehead atoms. The van der Waals surface area contributed by atoms with Crippen molar-refractivity contribution in [2.24, 2.45) is 0 Å². The van der Waals surface area contributed by atoms with Crippen molar-refractivity contribution >= 4 is 0 Å². The van der Waals surface area contributed by atoms with Gasteiger partial charge in [0.25, 0.3) is 0 Å². The van der Waals surface area contributed by atoms with E-state index in [2.05, 4.69) is 15.0 Å². The van der Waals surface area contributed by atoms with E-state index in [1.807, 2.05) is 6.92 Å². The number of ether oxygens (including phenoxy) is 1. The van der Waals surface area contributed by atoms with Gasteiger partial charge >= 0.3 is 6.36 Å². The lowest BCUT2D eigenvalue weighted by atomic mass is 10.0. The molecule has 0 amide bonds. The number of alkyl halides is 3. The fourth-order valence-corrected chi connectivity index (χ4v) is 2.06. The summed E-state index contributed by atoms with van der Waals surface area (Å²) in [4.78, 5) is 4.21. The average molecular weight is 296 g/mol. The van der Waals surface area contributed by atoms with Gasteiger partial charge in [-0.15, -0.1) is 13.2 Å². The van der Waals surface area contributed by atoms with Crippen molar-refractivity contribution in [3.63, 3.8) is 0 Å². The average Bonchev–Trinajstić information content (AvgIpc) is 2.45. The monoisotopic (exact) mass is 296 g/mol. The maximum atomic E-state index is 12.5. The molecule has 0 spiro atoms. The SMILES string of the molecule is CCNC(c1ccccn1)c1ccccc1OC(F)(F)F. The first-order valence-corrected chi connectivity index (χ1v) is 6.50.